The zero-order valence-corrected chi connectivity index (χ0v) is 15.4. The minimum absolute atomic E-state index is 0.151. The maximum Gasteiger partial charge on any atom is 0.259 e. The summed E-state index contributed by atoms with van der Waals surface area (Å²) in [7, 11) is 3.38. The van der Waals surface area contributed by atoms with Crippen LogP contribution in [0.3, 0.4) is 0 Å². The van der Waals surface area contributed by atoms with Gasteiger partial charge < -0.3 is 20.5 Å². The Balaban J connectivity index is 0.00000108. The molecule has 23 heavy (non-hydrogen) atoms. The SMILES string of the molecule is CN(C)C(=S)OC(C[N+](=O)[O-])c1ccc(Cl)cc1Cl.NC(O)=S. The molecule has 0 aromatic heterocycles. The number of nitrogens with zero attached hydrogens (tertiary/aromatic N) is 2. The largest absolute Gasteiger partial charge is 0.487 e. The molecule has 0 spiro atoms. The molecule has 128 valence electrons. The number of nitrogens with two attached hydrogens (primary N) is 1. The third-order valence-electron chi connectivity index (χ3n) is 2.23. The van der Waals surface area contributed by atoms with Crippen molar-refractivity contribution in [3.8, 4) is 0 Å². The van der Waals surface area contributed by atoms with Crippen LogP contribution in [-0.2, 0) is 4.74 Å². The molecule has 0 aliphatic carbocycles. The number of hydrogen-bond donors (Lipinski definition) is 2. The average Bonchev–Trinajstić information content (AvgIpc) is 2.36. The van der Waals surface area contributed by atoms with Crippen molar-refractivity contribution in [2.24, 2.45) is 5.73 Å². The number of nitro groups is 1. The minimum Gasteiger partial charge on any atom is -0.487 e. The second-order valence-corrected chi connectivity index (χ2v) is 5.90. The number of benzene rings is 1. The summed E-state index contributed by atoms with van der Waals surface area (Å²) < 4.78 is 5.42. The van der Waals surface area contributed by atoms with Crippen molar-refractivity contribution in [1.82, 2.24) is 4.90 Å². The van der Waals surface area contributed by atoms with Gasteiger partial charge in [-0.15, -0.1) is 0 Å². The first kappa shape index (κ1) is 21.6. The third-order valence-corrected chi connectivity index (χ3v) is 3.26. The van der Waals surface area contributed by atoms with E-state index in [2.05, 4.69) is 18.0 Å². The van der Waals surface area contributed by atoms with Crippen LogP contribution in [0.25, 0.3) is 0 Å². The highest BCUT2D eigenvalue weighted by Gasteiger charge is 2.24. The molecule has 0 aliphatic rings. The second-order valence-electron chi connectivity index (χ2n) is 4.29. The fourth-order valence-corrected chi connectivity index (χ4v) is 1.97. The van der Waals surface area contributed by atoms with Crippen LogP contribution in [-0.4, -0.2) is 45.9 Å². The molecule has 3 N–H and O–H groups in total. The Morgan fingerprint density at radius 2 is 2.00 bits per heavy atom. The second kappa shape index (κ2) is 10.4. The molecule has 0 saturated heterocycles. The Labute approximate surface area is 154 Å². The molecular weight excluding hydrogens is 385 g/mol. The summed E-state index contributed by atoms with van der Waals surface area (Å²) in [5.74, 6) is 0. The van der Waals surface area contributed by atoms with Gasteiger partial charge >= 0.3 is 0 Å². The molecule has 11 heteroatoms. The number of aliphatic hydroxyl groups is 1. The van der Waals surface area contributed by atoms with Crippen LogP contribution < -0.4 is 5.73 Å². The summed E-state index contributed by atoms with van der Waals surface area (Å²) in [5, 5.41) is 18.7. The van der Waals surface area contributed by atoms with Gasteiger partial charge in [-0.2, -0.15) is 0 Å². The topological polar surface area (TPSA) is 102 Å². The van der Waals surface area contributed by atoms with Gasteiger partial charge in [-0.05, 0) is 36.6 Å². The summed E-state index contributed by atoms with van der Waals surface area (Å²) in [5.41, 5.74) is 4.88. The number of aliphatic hydroxyl groups excluding tert-OH is 1. The molecule has 7 nitrogen and oxygen atoms in total. The molecule has 1 aromatic carbocycles. The summed E-state index contributed by atoms with van der Waals surface area (Å²) >= 11 is 20.7. The van der Waals surface area contributed by atoms with E-state index in [1.807, 2.05) is 0 Å². The van der Waals surface area contributed by atoms with E-state index in [0.29, 0.717) is 15.6 Å². The first-order valence-electron chi connectivity index (χ1n) is 5.97. The smallest absolute Gasteiger partial charge is 0.259 e. The maximum absolute atomic E-state index is 10.7. The summed E-state index contributed by atoms with van der Waals surface area (Å²) in [6, 6.07) is 4.70. The molecule has 1 rings (SSSR count). The van der Waals surface area contributed by atoms with Crippen molar-refractivity contribution in [3.63, 3.8) is 0 Å². The highest BCUT2D eigenvalue weighted by molar-refractivity contribution is 7.80. The highest BCUT2D eigenvalue weighted by Crippen LogP contribution is 2.29. The van der Waals surface area contributed by atoms with Crippen LogP contribution in [0.15, 0.2) is 18.2 Å². The summed E-state index contributed by atoms with van der Waals surface area (Å²) in [6.07, 6.45) is -0.852. The first-order chi connectivity index (χ1) is 10.5. The molecular formula is C12H15Cl2N3O4S2. The van der Waals surface area contributed by atoms with E-state index in [-0.39, 0.29) is 5.17 Å². The van der Waals surface area contributed by atoms with Gasteiger partial charge in [0.1, 0.15) is 0 Å². The Morgan fingerprint density at radius 3 is 2.39 bits per heavy atom. The van der Waals surface area contributed by atoms with Gasteiger partial charge in [-0.3, -0.25) is 10.1 Å². The van der Waals surface area contributed by atoms with E-state index in [0.717, 1.165) is 0 Å². The van der Waals surface area contributed by atoms with Gasteiger partial charge in [0.15, 0.2) is 6.10 Å². The molecule has 0 heterocycles. The van der Waals surface area contributed by atoms with Crippen LogP contribution in [0.1, 0.15) is 11.7 Å². The predicted molar refractivity (Wildman–Crippen MR) is 97.8 cm³/mol. The summed E-state index contributed by atoms with van der Waals surface area (Å²) in [4.78, 5) is 11.8. The van der Waals surface area contributed by atoms with E-state index in [4.69, 9.17) is 45.3 Å². The lowest BCUT2D eigenvalue weighted by atomic mass is 10.1. The molecule has 0 saturated carbocycles. The van der Waals surface area contributed by atoms with Gasteiger partial charge in [0.05, 0.1) is 0 Å². The standard InChI is InChI=1S/C11H12Cl2N2O3S.CH3NOS/c1-14(2)11(19)18-10(6-15(16)17)8-4-3-7(12)5-9(8)13;2-1(3)4/h3-5,10H,6H2,1-2H3;(H3,2,3,4). The van der Waals surface area contributed by atoms with E-state index < -0.39 is 22.7 Å². The van der Waals surface area contributed by atoms with Gasteiger partial charge in [-0.1, -0.05) is 29.3 Å². The lowest BCUT2D eigenvalue weighted by Crippen LogP contribution is -2.27. The number of rotatable bonds is 4. The Bertz CT molecular complexity index is 583. The van der Waals surface area contributed by atoms with Gasteiger partial charge in [-0.25, -0.2) is 0 Å². The number of thiocarbonyl (C=S) groups is 2. The van der Waals surface area contributed by atoms with Crippen LogP contribution in [0.2, 0.25) is 10.0 Å². The van der Waals surface area contributed by atoms with E-state index in [9.17, 15) is 10.1 Å². The Hall–Kier alpha value is -1.42. The van der Waals surface area contributed by atoms with Crippen molar-refractivity contribution >= 4 is 58.0 Å². The van der Waals surface area contributed by atoms with Crippen LogP contribution in [0.5, 0.6) is 0 Å². The van der Waals surface area contributed by atoms with Crippen molar-refractivity contribution in [3.05, 3.63) is 43.9 Å². The molecule has 1 aromatic rings. The van der Waals surface area contributed by atoms with Crippen LogP contribution >= 0.6 is 47.6 Å². The maximum atomic E-state index is 10.7. The minimum atomic E-state index is -0.852. The Kier molecular flexibility index (Phi) is 9.73. The highest BCUT2D eigenvalue weighted by atomic mass is 35.5. The lowest BCUT2D eigenvalue weighted by Gasteiger charge is -2.21. The quantitative estimate of drug-likeness (QED) is 0.452. The Morgan fingerprint density at radius 1 is 1.48 bits per heavy atom. The molecule has 0 radical (unpaired) electrons. The third kappa shape index (κ3) is 9.34. The molecule has 1 unspecified atom stereocenters. The molecule has 0 amide bonds. The number of halogens is 2. The van der Waals surface area contributed by atoms with Crippen molar-refractivity contribution in [2.75, 3.05) is 20.6 Å². The van der Waals surface area contributed by atoms with E-state index in [1.165, 1.54) is 6.07 Å². The van der Waals surface area contributed by atoms with Crippen molar-refractivity contribution in [1.29, 1.82) is 0 Å². The fraction of sp³-hybridized carbons (Fsp3) is 0.333. The fourth-order valence-electron chi connectivity index (χ4n) is 1.32. The zero-order valence-electron chi connectivity index (χ0n) is 12.2. The normalized spacial score (nSPS) is 10.8. The van der Waals surface area contributed by atoms with E-state index >= 15 is 0 Å². The zero-order chi connectivity index (χ0) is 18.2. The van der Waals surface area contributed by atoms with Gasteiger partial charge in [0.25, 0.3) is 10.3 Å². The van der Waals surface area contributed by atoms with Crippen LogP contribution in [0.4, 0.5) is 0 Å². The van der Waals surface area contributed by atoms with E-state index in [1.54, 1.807) is 31.1 Å². The summed E-state index contributed by atoms with van der Waals surface area (Å²) in [6.45, 7) is -0.435. The number of hydrogen-bond acceptors (Lipinski definition) is 5. The lowest BCUT2D eigenvalue weighted by molar-refractivity contribution is -0.490. The van der Waals surface area contributed by atoms with Crippen molar-refractivity contribution < 1.29 is 14.8 Å². The van der Waals surface area contributed by atoms with Crippen LogP contribution in [0, 0.1) is 10.1 Å². The van der Waals surface area contributed by atoms with Gasteiger partial charge in [0.2, 0.25) is 6.54 Å². The predicted octanol–water partition coefficient (Wildman–Crippen LogP) is 2.96. The number of ether oxygens (including phenoxy) is 1. The molecule has 0 fully saturated rings. The molecule has 0 bridgehead atoms. The average molecular weight is 400 g/mol. The first-order valence-corrected chi connectivity index (χ1v) is 7.55. The monoisotopic (exact) mass is 399 g/mol. The van der Waals surface area contributed by atoms with Gasteiger partial charge in [0, 0.05) is 34.6 Å². The molecule has 1 atom stereocenters. The van der Waals surface area contributed by atoms with Crippen molar-refractivity contribution in [2.45, 2.75) is 6.10 Å². The molecule has 0 aliphatic heterocycles.